The van der Waals surface area contributed by atoms with Crippen LogP contribution in [0.2, 0.25) is 0 Å². The molecule has 1 aromatic heterocycles. The number of carbonyl (C=O) groups is 1. The van der Waals surface area contributed by atoms with Gasteiger partial charge in [0, 0.05) is 12.3 Å². The van der Waals surface area contributed by atoms with E-state index in [1.54, 1.807) is 6.26 Å². The lowest BCUT2D eigenvalue weighted by Crippen LogP contribution is -2.66. The molecule has 2 aliphatic heterocycles. The average molecular weight is 399 g/mol. The SMILES string of the molecule is CC(C)=C[C@H]1O[C@@]2(C)C[C@H](c3occc3C)O[C@]13[C@H]2C(=O)[C@H]1[C@@H](CC[C@@H]1C)[C@@H]3C. The molecule has 0 aromatic carbocycles. The van der Waals surface area contributed by atoms with Crippen molar-refractivity contribution in [1.82, 2.24) is 0 Å². The Hall–Kier alpha value is -1.39. The summed E-state index contributed by atoms with van der Waals surface area (Å²) in [5.74, 6) is 2.32. The molecule has 9 atom stereocenters. The number of furan rings is 1. The maximum Gasteiger partial charge on any atom is 0.145 e. The van der Waals surface area contributed by atoms with Crippen LogP contribution in [0.1, 0.15) is 71.3 Å². The van der Waals surface area contributed by atoms with Gasteiger partial charge in [-0.05, 0) is 69.9 Å². The number of Topliss-reactive ketones (excluding diaryl/α,β-unsaturated/α-hetero) is 1. The summed E-state index contributed by atoms with van der Waals surface area (Å²) in [6.07, 6.45) is 6.47. The highest BCUT2D eigenvalue weighted by Gasteiger charge is 2.75. The lowest BCUT2D eigenvalue weighted by Gasteiger charge is -2.55. The highest BCUT2D eigenvalue weighted by molar-refractivity contribution is 5.88. The molecule has 2 bridgehead atoms. The Balaban J connectivity index is 1.67. The second-order valence-corrected chi connectivity index (χ2v) is 10.6. The third-order valence-electron chi connectivity index (χ3n) is 8.52. The number of ketones is 1. The maximum absolute atomic E-state index is 13.9. The maximum atomic E-state index is 13.9. The second kappa shape index (κ2) is 6.31. The van der Waals surface area contributed by atoms with E-state index in [4.69, 9.17) is 13.9 Å². The van der Waals surface area contributed by atoms with Crippen molar-refractivity contribution in [2.24, 2.45) is 29.6 Å². The molecule has 0 unspecified atom stereocenters. The first-order valence-corrected chi connectivity index (χ1v) is 11.3. The molecular weight excluding hydrogens is 364 g/mol. The summed E-state index contributed by atoms with van der Waals surface area (Å²) in [6, 6.07) is 1.99. The van der Waals surface area contributed by atoms with Crippen molar-refractivity contribution in [3.05, 3.63) is 35.3 Å². The smallest absolute Gasteiger partial charge is 0.145 e. The molecule has 4 heteroatoms. The summed E-state index contributed by atoms with van der Waals surface area (Å²) in [5.41, 5.74) is 1.16. The third-order valence-corrected chi connectivity index (χ3v) is 8.52. The fraction of sp³-hybridized carbons (Fsp3) is 0.720. The minimum Gasteiger partial charge on any atom is -0.466 e. The van der Waals surface area contributed by atoms with Gasteiger partial charge in [0.2, 0.25) is 0 Å². The number of ether oxygens (including phenoxy) is 2. The third kappa shape index (κ3) is 2.48. The fourth-order valence-electron chi connectivity index (χ4n) is 7.34. The van der Waals surface area contributed by atoms with Crippen molar-refractivity contribution >= 4 is 5.78 Å². The van der Waals surface area contributed by atoms with E-state index in [0.717, 1.165) is 24.2 Å². The predicted octanol–water partition coefficient (Wildman–Crippen LogP) is 5.41. The van der Waals surface area contributed by atoms with E-state index >= 15 is 0 Å². The van der Waals surface area contributed by atoms with Crippen molar-refractivity contribution in [1.29, 1.82) is 0 Å². The molecule has 158 valence electrons. The molecule has 2 aliphatic carbocycles. The molecule has 5 rings (SSSR count). The predicted molar refractivity (Wildman–Crippen MR) is 110 cm³/mol. The van der Waals surface area contributed by atoms with Crippen molar-refractivity contribution in [2.75, 3.05) is 0 Å². The first-order valence-electron chi connectivity index (χ1n) is 11.3. The van der Waals surface area contributed by atoms with Crippen LogP contribution >= 0.6 is 0 Å². The molecule has 4 aliphatic rings. The first-order chi connectivity index (χ1) is 13.7. The van der Waals surface area contributed by atoms with Gasteiger partial charge in [0.1, 0.15) is 29.4 Å². The zero-order valence-electron chi connectivity index (χ0n) is 18.5. The molecule has 1 aromatic rings. The van der Waals surface area contributed by atoms with E-state index in [0.29, 0.717) is 24.0 Å². The van der Waals surface area contributed by atoms with Crippen molar-refractivity contribution in [2.45, 2.75) is 84.2 Å². The Morgan fingerprint density at radius 1 is 1.21 bits per heavy atom. The fourth-order valence-corrected chi connectivity index (χ4v) is 7.34. The highest BCUT2D eigenvalue weighted by Crippen LogP contribution is 2.66. The number of rotatable bonds is 2. The summed E-state index contributed by atoms with van der Waals surface area (Å²) in [6.45, 7) is 13.0. The molecule has 4 nitrogen and oxygen atoms in total. The van der Waals surface area contributed by atoms with Crippen molar-refractivity contribution in [3.8, 4) is 0 Å². The van der Waals surface area contributed by atoms with Gasteiger partial charge < -0.3 is 13.9 Å². The van der Waals surface area contributed by atoms with Gasteiger partial charge in [0.25, 0.3) is 0 Å². The Labute approximate surface area is 174 Å². The van der Waals surface area contributed by atoms with Gasteiger partial charge >= 0.3 is 0 Å². The van der Waals surface area contributed by atoms with Crippen LogP contribution in [0.5, 0.6) is 0 Å². The number of hydrogen-bond acceptors (Lipinski definition) is 4. The lowest BCUT2D eigenvalue weighted by molar-refractivity contribution is -0.220. The Kier molecular flexibility index (Phi) is 4.25. The molecule has 2 saturated heterocycles. The Bertz CT molecular complexity index is 864. The zero-order chi connectivity index (χ0) is 20.7. The van der Waals surface area contributed by atoms with Gasteiger partial charge in [0.15, 0.2) is 0 Å². The van der Waals surface area contributed by atoms with Crippen LogP contribution in [0.25, 0.3) is 0 Å². The molecule has 4 fully saturated rings. The molecule has 29 heavy (non-hydrogen) atoms. The number of aryl methyl sites for hydroxylation is 1. The Morgan fingerprint density at radius 3 is 2.62 bits per heavy atom. The van der Waals surface area contributed by atoms with Crippen LogP contribution in [0.15, 0.2) is 28.4 Å². The minimum absolute atomic E-state index is 0.155. The first kappa shape index (κ1) is 19.6. The van der Waals surface area contributed by atoms with Crippen molar-refractivity contribution in [3.63, 3.8) is 0 Å². The lowest BCUT2D eigenvalue weighted by atomic mass is 9.53. The van der Waals surface area contributed by atoms with E-state index in [1.807, 2.05) is 6.07 Å². The van der Waals surface area contributed by atoms with Crippen LogP contribution in [0.3, 0.4) is 0 Å². The molecule has 0 N–H and O–H groups in total. The molecule has 0 spiro atoms. The van der Waals surface area contributed by atoms with Gasteiger partial charge in [-0.15, -0.1) is 0 Å². The topological polar surface area (TPSA) is 48.7 Å². The number of fused-ring (bicyclic) bond motifs is 1. The van der Waals surface area contributed by atoms with Crippen LogP contribution in [0, 0.1) is 36.5 Å². The van der Waals surface area contributed by atoms with E-state index in [2.05, 4.69) is 47.6 Å². The monoisotopic (exact) mass is 398 g/mol. The summed E-state index contributed by atoms with van der Waals surface area (Å²) < 4.78 is 19.6. The van der Waals surface area contributed by atoms with Crippen molar-refractivity contribution < 1.29 is 18.7 Å². The van der Waals surface area contributed by atoms with E-state index in [1.165, 1.54) is 5.57 Å². The minimum atomic E-state index is -0.615. The molecule has 2 saturated carbocycles. The standard InChI is InChI=1S/C25H34O4/c1-13(2)11-19-25-16(5)17-8-7-14(3)20(17)21(26)23(25)24(6,29-19)12-18(28-25)22-15(4)9-10-27-22/h9-11,14,16-20,23H,7-8,12H2,1-6H3/t14-,16-,17-,18+,19+,20+,23-,24-,25-/m0/s1. The van der Waals surface area contributed by atoms with Gasteiger partial charge in [-0.1, -0.05) is 25.5 Å². The number of allylic oxidation sites excluding steroid dienone is 1. The summed E-state index contributed by atoms with van der Waals surface area (Å²) >= 11 is 0. The molecule has 0 amide bonds. The van der Waals surface area contributed by atoms with Crippen LogP contribution < -0.4 is 0 Å². The van der Waals surface area contributed by atoms with Gasteiger partial charge in [0.05, 0.1) is 17.8 Å². The average Bonchev–Trinajstić information content (AvgIpc) is 3.27. The van der Waals surface area contributed by atoms with Gasteiger partial charge in [-0.3, -0.25) is 4.79 Å². The zero-order valence-corrected chi connectivity index (χ0v) is 18.5. The molecule has 3 heterocycles. The summed E-state index contributed by atoms with van der Waals surface area (Å²) in [7, 11) is 0. The Morgan fingerprint density at radius 2 is 1.97 bits per heavy atom. The number of hydrogen-bond donors (Lipinski definition) is 0. The van der Waals surface area contributed by atoms with Gasteiger partial charge in [-0.2, -0.15) is 0 Å². The van der Waals surface area contributed by atoms with Crippen LogP contribution in [0.4, 0.5) is 0 Å². The van der Waals surface area contributed by atoms with Gasteiger partial charge in [-0.25, -0.2) is 0 Å². The molecule has 0 radical (unpaired) electrons. The number of carbonyl (C=O) groups excluding carboxylic acids is 1. The van der Waals surface area contributed by atoms with E-state index in [9.17, 15) is 4.79 Å². The van der Waals surface area contributed by atoms with E-state index < -0.39 is 11.2 Å². The highest BCUT2D eigenvalue weighted by atomic mass is 16.6. The second-order valence-electron chi connectivity index (χ2n) is 10.6. The summed E-state index contributed by atoms with van der Waals surface area (Å²) in [5, 5.41) is 0. The van der Waals surface area contributed by atoms with E-state index in [-0.39, 0.29) is 30.0 Å². The molecular formula is C25H34O4. The quantitative estimate of drug-likeness (QED) is 0.625. The normalized spacial score (nSPS) is 48.3. The van der Waals surface area contributed by atoms with Crippen LogP contribution in [-0.4, -0.2) is 23.1 Å². The summed E-state index contributed by atoms with van der Waals surface area (Å²) in [4.78, 5) is 13.9. The largest absolute Gasteiger partial charge is 0.466 e. The van der Waals surface area contributed by atoms with Crippen LogP contribution in [-0.2, 0) is 14.3 Å².